The molecule has 1 N–H and O–H groups in total. The van der Waals surface area contributed by atoms with Gasteiger partial charge in [-0.1, -0.05) is 62.4 Å². The summed E-state index contributed by atoms with van der Waals surface area (Å²) in [5.74, 6) is 0.882. The Morgan fingerprint density at radius 3 is 2.32 bits per heavy atom. The highest BCUT2D eigenvalue weighted by Gasteiger charge is 2.17. The highest BCUT2D eigenvalue weighted by Crippen LogP contribution is 2.25. The average Bonchev–Trinajstić information content (AvgIpc) is 2.61. The zero-order valence-electron chi connectivity index (χ0n) is 14.8. The Kier molecular flexibility index (Phi) is 5.03. The first-order chi connectivity index (χ1) is 12.0. The van der Waals surface area contributed by atoms with Crippen molar-refractivity contribution in [3.05, 3.63) is 72.3 Å². The largest absolute Gasteiger partial charge is 0.481 e. The molecule has 3 aromatic rings. The zero-order chi connectivity index (χ0) is 17.8. The van der Waals surface area contributed by atoms with Crippen LogP contribution >= 0.6 is 0 Å². The molecule has 3 rings (SSSR count). The quantitative estimate of drug-likeness (QED) is 0.682. The van der Waals surface area contributed by atoms with E-state index in [1.165, 1.54) is 0 Å². The SMILES string of the molecule is CC(C)c1ccccc1NC(=O)[C@H](C)Oc1ccc2ccccc2c1. The maximum absolute atomic E-state index is 12.5. The molecule has 128 valence electrons. The molecule has 0 saturated heterocycles. The van der Waals surface area contributed by atoms with Crippen molar-refractivity contribution in [2.45, 2.75) is 32.8 Å². The summed E-state index contributed by atoms with van der Waals surface area (Å²) in [4.78, 5) is 12.5. The molecular weight excluding hydrogens is 310 g/mol. The Balaban J connectivity index is 1.72. The van der Waals surface area contributed by atoms with E-state index < -0.39 is 6.10 Å². The Bertz CT molecular complexity index is 886. The molecule has 0 aliphatic carbocycles. The lowest BCUT2D eigenvalue weighted by Gasteiger charge is -2.18. The van der Waals surface area contributed by atoms with Crippen LogP contribution in [0.5, 0.6) is 5.75 Å². The first-order valence-electron chi connectivity index (χ1n) is 8.60. The summed E-state index contributed by atoms with van der Waals surface area (Å²) >= 11 is 0. The van der Waals surface area contributed by atoms with Gasteiger partial charge in [0.2, 0.25) is 0 Å². The number of ether oxygens (including phenoxy) is 1. The highest BCUT2D eigenvalue weighted by atomic mass is 16.5. The lowest BCUT2D eigenvalue weighted by atomic mass is 10.0. The number of para-hydroxylation sites is 1. The minimum atomic E-state index is -0.582. The second-order valence-electron chi connectivity index (χ2n) is 6.50. The van der Waals surface area contributed by atoms with Gasteiger partial charge in [0, 0.05) is 5.69 Å². The number of benzene rings is 3. The first kappa shape index (κ1) is 17.0. The minimum Gasteiger partial charge on any atom is -0.481 e. The van der Waals surface area contributed by atoms with Gasteiger partial charge in [0.1, 0.15) is 5.75 Å². The van der Waals surface area contributed by atoms with Crippen LogP contribution in [0.15, 0.2) is 66.7 Å². The van der Waals surface area contributed by atoms with Gasteiger partial charge in [0.15, 0.2) is 6.10 Å². The lowest BCUT2D eigenvalue weighted by Crippen LogP contribution is -2.30. The third kappa shape index (κ3) is 4.00. The zero-order valence-corrected chi connectivity index (χ0v) is 14.8. The van der Waals surface area contributed by atoms with E-state index >= 15 is 0 Å². The summed E-state index contributed by atoms with van der Waals surface area (Å²) in [5.41, 5.74) is 1.96. The summed E-state index contributed by atoms with van der Waals surface area (Å²) in [6.07, 6.45) is -0.582. The summed E-state index contributed by atoms with van der Waals surface area (Å²) in [6.45, 7) is 5.99. The molecule has 0 saturated carbocycles. The number of carbonyl (C=O) groups is 1. The van der Waals surface area contributed by atoms with Crippen molar-refractivity contribution in [3.8, 4) is 5.75 Å². The number of hydrogen-bond donors (Lipinski definition) is 1. The molecule has 0 spiro atoms. The molecule has 1 atom stereocenters. The van der Waals surface area contributed by atoms with E-state index in [0.717, 1.165) is 22.0 Å². The van der Waals surface area contributed by atoms with Gasteiger partial charge in [-0.05, 0) is 47.4 Å². The van der Waals surface area contributed by atoms with E-state index in [2.05, 4.69) is 25.2 Å². The molecule has 0 aromatic heterocycles. The maximum Gasteiger partial charge on any atom is 0.265 e. The molecule has 3 heteroatoms. The van der Waals surface area contributed by atoms with Crippen LogP contribution < -0.4 is 10.1 Å². The first-order valence-corrected chi connectivity index (χ1v) is 8.60. The van der Waals surface area contributed by atoms with Crippen LogP contribution in [0.4, 0.5) is 5.69 Å². The second kappa shape index (κ2) is 7.39. The van der Waals surface area contributed by atoms with Crippen LogP contribution in [0.1, 0.15) is 32.3 Å². The molecule has 0 fully saturated rings. The molecule has 1 amide bonds. The minimum absolute atomic E-state index is 0.152. The predicted octanol–water partition coefficient (Wildman–Crippen LogP) is 5.37. The summed E-state index contributed by atoms with van der Waals surface area (Å²) in [5, 5.41) is 5.23. The number of fused-ring (bicyclic) bond motifs is 1. The standard InChI is InChI=1S/C22H23NO2/c1-15(2)20-10-6-7-11-21(20)23-22(24)16(3)25-19-13-12-17-8-4-5-9-18(17)14-19/h4-16H,1-3H3,(H,23,24)/t16-/m0/s1. The van der Waals surface area contributed by atoms with Gasteiger partial charge < -0.3 is 10.1 Å². The topological polar surface area (TPSA) is 38.3 Å². The van der Waals surface area contributed by atoms with Crippen molar-refractivity contribution < 1.29 is 9.53 Å². The van der Waals surface area contributed by atoms with E-state index in [0.29, 0.717) is 11.7 Å². The second-order valence-corrected chi connectivity index (χ2v) is 6.50. The number of nitrogens with one attached hydrogen (secondary N) is 1. The van der Waals surface area contributed by atoms with Crippen molar-refractivity contribution >= 4 is 22.4 Å². The van der Waals surface area contributed by atoms with E-state index in [1.807, 2.05) is 60.7 Å². The molecule has 0 radical (unpaired) electrons. The van der Waals surface area contributed by atoms with E-state index in [4.69, 9.17) is 4.74 Å². The van der Waals surface area contributed by atoms with E-state index in [9.17, 15) is 4.79 Å². The van der Waals surface area contributed by atoms with Crippen molar-refractivity contribution in [2.75, 3.05) is 5.32 Å². The molecule has 3 aromatic carbocycles. The fraction of sp³-hybridized carbons (Fsp3) is 0.227. The number of rotatable bonds is 5. The number of amides is 1. The highest BCUT2D eigenvalue weighted by molar-refractivity contribution is 5.95. The van der Waals surface area contributed by atoms with Crippen LogP contribution in [0.3, 0.4) is 0 Å². The average molecular weight is 333 g/mol. The van der Waals surface area contributed by atoms with Gasteiger partial charge >= 0.3 is 0 Å². The normalized spacial score (nSPS) is 12.2. The summed E-state index contributed by atoms with van der Waals surface area (Å²) in [6, 6.07) is 21.8. The van der Waals surface area contributed by atoms with Gasteiger partial charge in [0.05, 0.1) is 0 Å². The molecule has 0 bridgehead atoms. The van der Waals surface area contributed by atoms with Crippen molar-refractivity contribution in [3.63, 3.8) is 0 Å². The molecule has 0 unspecified atom stereocenters. The number of anilines is 1. The molecule has 25 heavy (non-hydrogen) atoms. The Morgan fingerprint density at radius 1 is 0.880 bits per heavy atom. The Morgan fingerprint density at radius 2 is 1.56 bits per heavy atom. The van der Waals surface area contributed by atoms with E-state index in [-0.39, 0.29) is 5.91 Å². The molecule has 3 nitrogen and oxygen atoms in total. The van der Waals surface area contributed by atoms with Gasteiger partial charge in [-0.25, -0.2) is 0 Å². The summed E-state index contributed by atoms with van der Waals surface area (Å²) < 4.78 is 5.84. The fourth-order valence-electron chi connectivity index (χ4n) is 2.85. The van der Waals surface area contributed by atoms with Crippen LogP contribution in [-0.2, 0) is 4.79 Å². The van der Waals surface area contributed by atoms with Gasteiger partial charge in [0.25, 0.3) is 5.91 Å². The lowest BCUT2D eigenvalue weighted by molar-refractivity contribution is -0.122. The molecule has 0 aliphatic heterocycles. The number of hydrogen-bond acceptors (Lipinski definition) is 2. The molecule has 0 heterocycles. The van der Waals surface area contributed by atoms with Crippen molar-refractivity contribution in [2.24, 2.45) is 0 Å². The van der Waals surface area contributed by atoms with Crippen LogP contribution in [-0.4, -0.2) is 12.0 Å². The predicted molar refractivity (Wildman–Crippen MR) is 103 cm³/mol. The van der Waals surface area contributed by atoms with E-state index in [1.54, 1.807) is 6.92 Å². The molecular formula is C22H23NO2. The van der Waals surface area contributed by atoms with Crippen LogP contribution in [0.2, 0.25) is 0 Å². The third-order valence-corrected chi connectivity index (χ3v) is 4.24. The van der Waals surface area contributed by atoms with Crippen LogP contribution in [0.25, 0.3) is 10.8 Å². The Labute approximate surface area is 148 Å². The fourth-order valence-corrected chi connectivity index (χ4v) is 2.85. The van der Waals surface area contributed by atoms with Gasteiger partial charge in [-0.15, -0.1) is 0 Å². The smallest absolute Gasteiger partial charge is 0.265 e. The third-order valence-electron chi connectivity index (χ3n) is 4.24. The monoisotopic (exact) mass is 333 g/mol. The van der Waals surface area contributed by atoms with Crippen LogP contribution in [0, 0.1) is 0 Å². The maximum atomic E-state index is 12.5. The summed E-state index contributed by atoms with van der Waals surface area (Å²) in [7, 11) is 0. The van der Waals surface area contributed by atoms with Crippen molar-refractivity contribution in [1.29, 1.82) is 0 Å². The number of carbonyl (C=O) groups excluding carboxylic acids is 1. The molecule has 0 aliphatic rings. The van der Waals surface area contributed by atoms with Gasteiger partial charge in [-0.3, -0.25) is 4.79 Å². The van der Waals surface area contributed by atoms with Crippen molar-refractivity contribution in [1.82, 2.24) is 0 Å². The van der Waals surface area contributed by atoms with Gasteiger partial charge in [-0.2, -0.15) is 0 Å². The Hall–Kier alpha value is -2.81.